The Balaban J connectivity index is 0.678. The summed E-state index contributed by atoms with van der Waals surface area (Å²) in [6, 6.07) is 14.9. The quantitative estimate of drug-likeness (QED) is 0.166. The second-order valence-electron chi connectivity index (χ2n) is 19.0. The summed E-state index contributed by atoms with van der Waals surface area (Å²) in [6.45, 7) is 12.2. The summed E-state index contributed by atoms with van der Waals surface area (Å²) >= 11 is 0. The predicted molar refractivity (Wildman–Crippen MR) is 235 cm³/mol. The third-order valence-electron chi connectivity index (χ3n) is 14.3. The molecule has 5 aliphatic rings. The van der Waals surface area contributed by atoms with Crippen LogP contribution in [0.15, 0.2) is 54.9 Å². The van der Waals surface area contributed by atoms with E-state index in [9.17, 15) is 24.8 Å². The smallest absolute Gasteiger partial charge is 0.274 e. The van der Waals surface area contributed by atoms with Gasteiger partial charge in [0.15, 0.2) is 0 Å². The highest BCUT2D eigenvalue weighted by molar-refractivity contribution is 6.05. The zero-order chi connectivity index (χ0) is 44.4. The minimum atomic E-state index is -1.24. The highest BCUT2D eigenvalue weighted by atomic mass is 19.1. The van der Waals surface area contributed by atoms with Gasteiger partial charge in [0.25, 0.3) is 5.91 Å². The second-order valence-corrected chi connectivity index (χ2v) is 19.0. The van der Waals surface area contributed by atoms with Gasteiger partial charge in [-0.15, -0.1) is 0 Å². The summed E-state index contributed by atoms with van der Waals surface area (Å²) in [4.78, 5) is 47.1. The topological polar surface area (TPSA) is 167 Å². The average Bonchev–Trinajstić information content (AvgIpc) is 3.87. The van der Waals surface area contributed by atoms with E-state index in [1.54, 1.807) is 32.0 Å². The number of nitriles is 1. The standard InChI is InChI=1S/C47H53F2N11O4/c1-47(2,64)37-19-40-30(16-41(37)52-46(63)42-9-7-33-15-28(20-50)21-51-60(33)42)25-59(54-40)32-5-3-31(4-6-32)56-11-13-57(14-12-56)35-26-55(27-35)22-29-23-58(24-29)34-17-38(48)44(39(49)18-34)36-8-10-43(61)53-45(36)62/h7,9,15-19,21,25,29,31-32,35-36,64H,3-6,8,10-14,22-24,26-27H2,1-2H3,(H,52,63)(H,53,61,62)/t31?,32?,36-/m1/s1. The van der Waals surface area contributed by atoms with E-state index in [1.807, 2.05) is 17.0 Å². The monoisotopic (exact) mass is 873 g/mol. The van der Waals surface area contributed by atoms with E-state index in [2.05, 4.69) is 47.4 Å². The SMILES string of the molecule is CC(C)(O)c1cc2nn(C3CCC(N4CCN(C5CN(CC6CN(c7cc(F)c([C@H]8CCC(=O)NC8=O)c(F)c7)C6)C5)CC4)CC3)cc2cc1NC(=O)c1ccc2cc(C#N)cnn12. The number of anilines is 2. The summed E-state index contributed by atoms with van der Waals surface area (Å²) in [5.74, 6) is -3.48. The molecule has 0 unspecified atom stereocenters. The number of piperidine rings is 1. The number of rotatable bonds is 10. The van der Waals surface area contributed by atoms with Gasteiger partial charge in [0.1, 0.15) is 23.4 Å². The zero-order valence-electron chi connectivity index (χ0n) is 36.1. The fraction of sp³-hybridized carbons (Fsp3) is 0.489. The molecule has 0 bridgehead atoms. The highest BCUT2D eigenvalue weighted by Gasteiger charge is 2.39. The number of imide groups is 1. The number of likely N-dealkylation sites (tertiary alicyclic amines) is 1. The molecule has 64 heavy (non-hydrogen) atoms. The number of nitrogens with one attached hydrogen (secondary N) is 2. The van der Waals surface area contributed by atoms with E-state index in [4.69, 9.17) is 5.10 Å². The Labute approximate surface area is 369 Å². The van der Waals surface area contributed by atoms with Crippen LogP contribution in [0.2, 0.25) is 0 Å². The van der Waals surface area contributed by atoms with Gasteiger partial charge >= 0.3 is 0 Å². The van der Waals surface area contributed by atoms with Gasteiger partial charge in [0.05, 0.1) is 40.4 Å². The third kappa shape index (κ3) is 8.12. The van der Waals surface area contributed by atoms with Crippen molar-refractivity contribution < 1.29 is 28.3 Å². The number of carbonyl (C=O) groups is 3. The molecule has 17 heteroatoms. The number of benzene rings is 2. The maximum atomic E-state index is 15.1. The first-order chi connectivity index (χ1) is 30.8. The lowest BCUT2D eigenvalue weighted by Crippen LogP contribution is -2.65. The molecule has 4 aliphatic heterocycles. The van der Waals surface area contributed by atoms with Gasteiger partial charge in [-0.3, -0.25) is 39.1 Å². The Kier molecular flexibility index (Phi) is 11.0. The van der Waals surface area contributed by atoms with Crippen molar-refractivity contribution in [2.45, 2.75) is 82.0 Å². The maximum Gasteiger partial charge on any atom is 0.274 e. The molecule has 5 fully saturated rings. The van der Waals surface area contributed by atoms with E-state index in [1.165, 1.54) is 22.8 Å². The van der Waals surface area contributed by atoms with Crippen LogP contribution in [0.4, 0.5) is 20.2 Å². The Morgan fingerprint density at radius 2 is 1.61 bits per heavy atom. The summed E-state index contributed by atoms with van der Waals surface area (Å²) in [5.41, 5.74) is 2.18. The molecule has 10 rings (SSSR count). The van der Waals surface area contributed by atoms with Gasteiger partial charge in [-0.25, -0.2) is 13.3 Å². The number of halogens is 2. The lowest BCUT2D eigenvalue weighted by atomic mass is 9.89. The van der Waals surface area contributed by atoms with Gasteiger partial charge in [-0.05, 0) is 88.4 Å². The molecule has 2 aromatic carbocycles. The lowest BCUT2D eigenvalue weighted by molar-refractivity contribution is -0.134. The van der Waals surface area contributed by atoms with Crippen molar-refractivity contribution in [3.05, 3.63) is 88.9 Å². The van der Waals surface area contributed by atoms with Gasteiger partial charge in [-0.2, -0.15) is 15.5 Å². The molecule has 3 aromatic heterocycles. The van der Waals surface area contributed by atoms with Crippen LogP contribution < -0.4 is 15.5 Å². The second kappa shape index (κ2) is 16.6. The van der Waals surface area contributed by atoms with Crippen molar-refractivity contribution in [1.82, 2.24) is 39.4 Å². The summed E-state index contributed by atoms with van der Waals surface area (Å²) in [6.07, 6.45) is 7.90. The van der Waals surface area contributed by atoms with Crippen molar-refractivity contribution >= 4 is 45.5 Å². The first-order valence-electron chi connectivity index (χ1n) is 22.5. The number of amides is 3. The van der Waals surface area contributed by atoms with Crippen LogP contribution in [-0.2, 0) is 15.2 Å². The van der Waals surface area contributed by atoms with Crippen molar-refractivity contribution in [1.29, 1.82) is 5.26 Å². The molecule has 4 saturated heterocycles. The van der Waals surface area contributed by atoms with Gasteiger partial charge in [0, 0.05) is 117 Å². The van der Waals surface area contributed by atoms with Crippen LogP contribution >= 0.6 is 0 Å². The third-order valence-corrected chi connectivity index (χ3v) is 14.3. The number of fused-ring (bicyclic) bond motifs is 2. The van der Waals surface area contributed by atoms with Crippen LogP contribution in [0.25, 0.3) is 16.4 Å². The molecule has 1 saturated carbocycles. The minimum absolute atomic E-state index is 0.0671. The number of piperazine rings is 1. The Morgan fingerprint density at radius 1 is 0.922 bits per heavy atom. The molecule has 1 aliphatic carbocycles. The van der Waals surface area contributed by atoms with Gasteiger partial charge < -0.3 is 15.3 Å². The van der Waals surface area contributed by atoms with Crippen molar-refractivity contribution in [2.24, 2.45) is 5.92 Å². The van der Waals surface area contributed by atoms with Crippen LogP contribution in [0.3, 0.4) is 0 Å². The first-order valence-corrected chi connectivity index (χ1v) is 22.5. The number of aliphatic hydroxyl groups is 1. The van der Waals surface area contributed by atoms with Crippen molar-refractivity contribution in [3.8, 4) is 6.07 Å². The molecule has 0 radical (unpaired) electrons. The number of hydrogen-bond donors (Lipinski definition) is 3. The van der Waals surface area contributed by atoms with Crippen LogP contribution in [0, 0.1) is 28.9 Å². The Morgan fingerprint density at radius 3 is 2.28 bits per heavy atom. The molecule has 7 heterocycles. The van der Waals surface area contributed by atoms with Gasteiger partial charge in [0.2, 0.25) is 11.8 Å². The van der Waals surface area contributed by atoms with E-state index in [0.717, 1.165) is 95.5 Å². The Bertz CT molecular complexity index is 2650. The first kappa shape index (κ1) is 42.2. The van der Waals surface area contributed by atoms with Crippen LogP contribution in [-0.4, -0.2) is 128 Å². The number of nitrogens with zero attached hydrogens (tertiary/aromatic N) is 9. The fourth-order valence-corrected chi connectivity index (χ4v) is 10.7. The normalized spacial score (nSPS) is 23.2. The number of aromatic nitrogens is 4. The van der Waals surface area contributed by atoms with Crippen LogP contribution in [0.5, 0.6) is 0 Å². The molecule has 3 N–H and O–H groups in total. The average molecular weight is 874 g/mol. The maximum absolute atomic E-state index is 15.1. The van der Waals surface area contributed by atoms with Crippen molar-refractivity contribution in [3.63, 3.8) is 0 Å². The molecule has 3 amide bonds. The molecular weight excluding hydrogens is 821 g/mol. The Hall–Kier alpha value is -5.80. The van der Waals surface area contributed by atoms with Gasteiger partial charge in [-0.1, -0.05) is 0 Å². The predicted octanol–water partition coefficient (Wildman–Crippen LogP) is 4.76. The van der Waals surface area contributed by atoms with E-state index < -0.39 is 35.0 Å². The van der Waals surface area contributed by atoms with E-state index in [0.29, 0.717) is 51.7 Å². The van der Waals surface area contributed by atoms with Crippen LogP contribution in [0.1, 0.15) is 91.5 Å². The largest absolute Gasteiger partial charge is 0.386 e. The summed E-state index contributed by atoms with van der Waals surface area (Å²) in [7, 11) is 0. The highest BCUT2D eigenvalue weighted by Crippen LogP contribution is 2.37. The molecule has 5 aromatic rings. The zero-order valence-corrected chi connectivity index (χ0v) is 36.1. The lowest BCUT2D eigenvalue weighted by Gasteiger charge is -2.52. The molecule has 0 spiro atoms. The van der Waals surface area contributed by atoms with E-state index >= 15 is 8.78 Å². The number of hydrogen-bond acceptors (Lipinski definition) is 11. The summed E-state index contributed by atoms with van der Waals surface area (Å²) in [5, 5.41) is 35.7. The fourth-order valence-electron chi connectivity index (χ4n) is 10.7. The van der Waals surface area contributed by atoms with E-state index in [-0.39, 0.29) is 30.4 Å². The minimum Gasteiger partial charge on any atom is -0.386 e. The molecular formula is C47H53F2N11O4. The number of carbonyl (C=O) groups excluding carboxylic acids is 3. The molecule has 15 nitrogen and oxygen atoms in total. The molecule has 334 valence electrons. The molecule has 1 atom stereocenters. The van der Waals surface area contributed by atoms with Crippen molar-refractivity contribution in [2.75, 3.05) is 69.1 Å². The summed E-state index contributed by atoms with van der Waals surface area (Å²) < 4.78 is 33.8.